The molecule has 1 heterocycles. The average molecular weight is 117 g/mol. The van der Waals surface area contributed by atoms with E-state index in [1.807, 2.05) is 0 Å². The molecule has 1 fully saturated rings. The number of hydrogen-bond acceptors (Lipinski definition) is 3. The Bertz CT molecular complexity index is 70.1. The van der Waals surface area contributed by atoms with Gasteiger partial charge in [-0.15, -0.1) is 0 Å². The third-order valence-electron chi connectivity index (χ3n) is 1.45. The zero-order chi connectivity index (χ0) is 5.98. The number of aliphatic hydroxyl groups is 1. The molecular weight excluding hydrogens is 106 g/mol. The van der Waals surface area contributed by atoms with Gasteiger partial charge in [-0.2, -0.15) is 0 Å². The lowest BCUT2D eigenvalue weighted by Gasteiger charge is -2.29. The Labute approximate surface area is 48.4 Å². The highest BCUT2D eigenvalue weighted by Gasteiger charge is 2.24. The van der Waals surface area contributed by atoms with Crippen molar-refractivity contribution in [2.75, 3.05) is 19.8 Å². The number of rotatable bonds is 2. The standard InChI is InChI=1S/C5H11NO2/c6-1-5(7)4-2-8-3-4/h4-5,7H,1-3,6H2. The molecule has 0 saturated carbocycles. The van der Waals surface area contributed by atoms with Crippen LogP contribution < -0.4 is 5.73 Å². The van der Waals surface area contributed by atoms with E-state index < -0.39 is 0 Å². The summed E-state index contributed by atoms with van der Waals surface area (Å²) in [5, 5.41) is 8.97. The molecule has 0 aromatic carbocycles. The van der Waals surface area contributed by atoms with E-state index in [-0.39, 0.29) is 6.10 Å². The Morgan fingerprint density at radius 3 is 2.50 bits per heavy atom. The molecule has 0 aromatic rings. The van der Waals surface area contributed by atoms with Crippen LogP contribution >= 0.6 is 0 Å². The summed E-state index contributed by atoms with van der Waals surface area (Å²) in [5.74, 6) is 0.306. The summed E-state index contributed by atoms with van der Waals surface area (Å²) in [7, 11) is 0. The predicted octanol–water partition coefficient (Wildman–Crippen LogP) is -1.05. The second-order valence-corrected chi connectivity index (χ2v) is 2.10. The summed E-state index contributed by atoms with van der Waals surface area (Å²) >= 11 is 0. The van der Waals surface area contributed by atoms with E-state index in [1.165, 1.54) is 0 Å². The minimum atomic E-state index is -0.344. The fraction of sp³-hybridized carbons (Fsp3) is 1.00. The molecule has 0 amide bonds. The molecule has 1 aliphatic heterocycles. The largest absolute Gasteiger partial charge is 0.391 e. The van der Waals surface area contributed by atoms with Crippen molar-refractivity contribution in [1.29, 1.82) is 0 Å². The summed E-state index contributed by atoms with van der Waals surface area (Å²) in [4.78, 5) is 0. The van der Waals surface area contributed by atoms with Crippen LogP contribution in [0.5, 0.6) is 0 Å². The monoisotopic (exact) mass is 117 g/mol. The Morgan fingerprint density at radius 2 is 2.38 bits per heavy atom. The first kappa shape index (κ1) is 6.01. The Morgan fingerprint density at radius 1 is 1.75 bits per heavy atom. The lowest BCUT2D eigenvalue weighted by Crippen LogP contribution is -2.41. The molecule has 3 heteroatoms. The van der Waals surface area contributed by atoms with Crippen molar-refractivity contribution in [3.05, 3.63) is 0 Å². The van der Waals surface area contributed by atoms with Crippen LogP contribution in [0.25, 0.3) is 0 Å². The maximum absolute atomic E-state index is 8.97. The van der Waals surface area contributed by atoms with E-state index in [4.69, 9.17) is 15.6 Å². The van der Waals surface area contributed by atoms with Gasteiger partial charge in [0.25, 0.3) is 0 Å². The van der Waals surface area contributed by atoms with E-state index in [0.717, 1.165) is 0 Å². The van der Waals surface area contributed by atoms with E-state index >= 15 is 0 Å². The molecule has 0 spiro atoms. The predicted molar refractivity (Wildman–Crippen MR) is 29.4 cm³/mol. The molecule has 48 valence electrons. The quantitative estimate of drug-likeness (QED) is 0.485. The maximum atomic E-state index is 8.97. The molecule has 0 bridgehead atoms. The van der Waals surface area contributed by atoms with Crippen LogP contribution in [-0.2, 0) is 4.74 Å². The molecule has 1 saturated heterocycles. The molecule has 1 atom stereocenters. The van der Waals surface area contributed by atoms with Gasteiger partial charge in [0.15, 0.2) is 0 Å². The fourth-order valence-electron chi connectivity index (χ4n) is 0.669. The molecule has 8 heavy (non-hydrogen) atoms. The van der Waals surface area contributed by atoms with Gasteiger partial charge in [-0.3, -0.25) is 0 Å². The summed E-state index contributed by atoms with van der Waals surface area (Å²) in [6.45, 7) is 1.71. The van der Waals surface area contributed by atoms with Crippen LogP contribution in [0.1, 0.15) is 0 Å². The van der Waals surface area contributed by atoms with Gasteiger partial charge < -0.3 is 15.6 Å². The zero-order valence-electron chi connectivity index (χ0n) is 4.71. The van der Waals surface area contributed by atoms with Crippen LogP contribution in [0.4, 0.5) is 0 Å². The third kappa shape index (κ3) is 0.992. The van der Waals surface area contributed by atoms with Gasteiger partial charge in [0.05, 0.1) is 19.3 Å². The van der Waals surface area contributed by atoms with Gasteiger partial charge in [0, 0.05) is 12.5 Å². The molecular formula is C5H11NO2. The molecule has 1 unspecified atom stereocenters. The highest BCUT2D eigenvalue weighted by molar-refractivity contribution is 4.74. The van der Waals surface area contributed by atoms with Crippen LogP contribution in [0.2, 0.25) is 0 Å². The second-order valence-electron chi connectivity index (χ2n) is 2.10. The molecule has 1 aliphatic rings. The van der Waals surface area contributed by atoms with Crippen molar-refractivity contribution in [2.45, 2.75) is 6.10 Å². The fourth-order valence-corrected chi connectivity index (χ4v) is 0.669. The van der Waals surface area contributed by atoms with Crippen LogP contribution in [0.3, 0.4) is 0 Å². The van der Waals surface area contributed by atoms with Gasteiger partial charge in [-0.25, -0.2) is 0 Å². The number of nitrogens with two attached hydrogens (primary N) is 1. The second kappa shape index (κ2) is 2.44. The topological polar surface area (TPSA) is 55.5 Å². The zero-order valence-corrected chi connectivity index (χ0v) is 4.71. The van der Waals surface area contributed by atoms with Crippen molar-refractivity contribution in [3.8, 4) is 0 Å². The number of ether oxygens (including phenoxy) is 1. The van der Waals surface area contributed by atoms with E-state index in [9.17, 15) is 0 Å². The van der Waals surface area contributed by atoms with Crippen LogP contribution in [0, 0.1) is 5.92 Å². The highest BCUT2D eigenvalue weighted by atomic mass is 16.5. The highest BCUT2D eigenvalue weighted by Crippen LogP contribution is 2.13. The van der Waals surface area contributed by atoms with Crippen molar-refractivity contribution >= 4 is 0 Å². The molecule has 1 rings (SSSR count). The smallest absolute Gasteiger partial charge is 0.0734 e. The van der Waals surface area contributed by atoms with E-state index in [0.29, 0.717) is 25.7 Å². The minimum Gasteiger partial charge on any atom is -0.391 e. The Balaban J connectivity index is 2.13. The summed E-state index contributed by atoms with van der Waals surface area (Å²) < 4.78 is 4.84. The molecule has 0 aromatic heterocycles. The van der Waals surface area contributed by atoms with E-state index in [1.54, 1.807) is 0 Å². The number of hydrogen-bond donors (Lipinski definition) is 2. The summed E-state index contributed by atoms with van der Waals surface area (Å²) in [6.07, 6.45) is -0.344. The van der Waals surface area contributed by atoms with Crippen molar-refractivity contribution in [3.63, 3.8) is 0 Å². The normalized spacial score (nSPS) is 24.8. The Kier molecular flexibility index (Phi) is 1.83. The Hall–Kier alpha value is -0.120. The van der Waals surface area contributed by atoms with Crippen LogP contribution in [0.15, 0.2) is 0 Å². The average Bonchev–Trinajstić information content (AvgIpc) is 1.62. The molecule has 0 aliphatic carbocycles. The lowest BCUT2D eigenvalue weighted by molar-refractivity contribution is -0.0875. The molecule has 3 N–H and O–H groups in total. The first-order chi connectivity index (χ1) is 3.84. The van der Waals surface area contributed by atoms with Crippen molar-refractivity contribution < 1.29 is 9.84 Å². The van der Waals surface area contributed by atoms with Gasteiger partial charge in [0.1, 0.15) is 0 Å². The van der Waals surface area contributed by atoms with E-state index in [2.05, 4.69) is 0 Å². The molecule has 0 radical (unpaired) electrons. The van der Waals surface area contributed by atoms with Crippen molar-refractivity contribution in [2.24, 2.45) is 11.7 Å². The molecule has 3 nitrogen and oxygen atoms in total. The summed E-state index contributed by atoms with van der Waals surface area (Å²) in [6, 6.07) is 0. The first-order valence-corrected chi connectivity index (χ1v) is 2.80. The van der Waals surface area contributed by atoms with Gasteiger partial charge in [-0.05, 0) is 0 Å². The van der Waals surface area contributed by atoms with Crippen molar-refractivity contribution in [1.82, 2.24) is 0 Å². The minimum absolute atomic E-state index is 0.306. The first-order valence-electron chi connectivity index (χ1n) is 2.80. The number of aliphatic hydroxyl groups excluding tert-OH is 1. The van der Waals surface area contributed by atoms with Crippen LogP contribution in [-0.4, -0.2) is 31.0 Å². The van der Waals surface area contributed by atoms with Gasteiger partial charge >= 0.3 is 0 Å². The van der Waals surface area contributed by atoms with Gasteiger partial charge in [-0.1, -0.05) is 0 Å². The third-order valence-corrected chi connectivity index (χ3v) is 1.45. The van der Waals surface area contributed by atoms with Gasteiger partial charge in [0.2, 0.25) is 0 Å². The summed E-state index contributed by atoms with van der Waals surface area (Å²) in [5.41, 5.74) is 5.18. The SMILES string of the molecule is NCC(O)C1COC1. The lowest BCUT2D eigenvalue weighted by atomic mass is 10.0. The maximum Gasteiger partial charge on any atom is 0.0734 e.